The number of carbonyl (C=O) groups excluding carboxylic acids is 1. The molecule has 0 atom stereocenters. The van der Waals surface area contributed by atoms with E-state index in [1.807, 2.05) is 42.5 Å². The third-order valence-electron chi connectivity index (χ3n) is 5.61. The third kappa shape index (κ3) is 6.00. The maximum absolute atomic E-state index is 12.4. The van der Waals surface area contributed by atoms with E-state index in [1.165, 1.54) is 0 Å². The number of rotatable bonds is 12. The number of benzene rings is 2. The summed E-state index contributed by atoms with van der Waals surface area (Å²) in [6.07, 6.45) is 3.60. The molecule has 31 heavy (non-hydrogen) atoms. The van der Waals surface area contributed by atoms with E-state index >= 15 is 0 Å². The Balaban J connectivity index is 1.57. The van der Waals surface area contributed by atoms with Gasteiger partial charge in [0.2, 0.25) is 5.91 Å². The molecule has 0 aliphatic rings. The zero-order valence-corrected chi connectivity index (χ0v) is 18.8. The van der Waals surface area contributed by atoms with Gasteiger partial charge in [-0.2, -0.15) is 0 Å². The molecule has 0 unspecified atom stereocenters. The predicted molar refractivity (Wildman–Crippen MR) is 123 cm³/mol. The van der Waals surface area contributed by atoms with Gasteiger partial charge in [-0.05, 0) is 62.1 Å². The van der Waals surface area contributed by atoms with Gasteiger partial charge in [-0.25, -0.2) is 4.98 Å². The van der Waals surface area contributed by atoms with E-state index in [9.17, 15) is 4.79 Å². The second-order valence-corrected chi connectivity index (χ2v) is 7.63. The zero-order valence-electron chi connectivity index (χ0n) is 18.8. The van der Waals surface area contributed by atoms with Gasteiger partial charge < -0.3 is 19.4 Å². The molecule has 0 aliphatic carbocycles. The topological polar surface area (TPSA) is 65.4 Å². The van der Waals surface area contributed by atoms with E-state index in [0.29, 0.717) is 13.2 Å². The minimum Gasteiger partial charge on any atom is -0.497 e. The highest BCUT2D eigenvalue weighted by atomic mass is 16.5. The number of para-hydroxylation sites is 2. The highest BCUT2D eigenvalue weighted by Crippen LogP contribution is 2.19. The summed E-state index contributed by atoms with van der Waals surface area (Å²) in [6, 6.07) is 15.8. The number of hydrogen-bond acceptors (Lipinski definition) is 4. The summed E-state index contributed by atoms with van der Waals surface area (Å²) in [4.78, 5) is 17.2. The van der Waals surface area contributed by atoms with Crippen LogP contribution in [0.2, 0.25) is 0 Å². The van der Waals surface area contributed by atoms with Gasteiger partial charge in [0.25, 0.3) is 0 Å². The van der Waals surface area contributed by atoms with E-state index < -0.39 is 0 Å². The van der Waals surface area contributed by atoms with Crippen LogP contribution in [0.1, 0.15) is 45.4 Å². The van der Waals surface area contributed by atoms with Crippen LogP contribution in [-0.2, 0) is 17.9 Å². The fraction of sp³-hybridized carbons (Fsp3) is 0.440. The number of carbonyl (C=O) groups is 1. The molecule has 3 rings (SSSR count). The fourth-order valence-corrected chi connectivity index (χ4v) is 3.71. The molecule has 0 aliphatic heterocycles. The van der Waals surface area contributed by atoms with Crippen LogP contribution in [0, 0.1) is 5.92 Å². The van der Waals surface area contributed by atoms with Gasteiger partial charge in [-0.1, -0.05) is 26.0 Å². The Labute approximate surface area is 184 Å². The fourth-order valence-electron chi connectivity index (χ4n) is 3.71. The molecular weight excluding hydrogens is 390 g/mol. The molecule has 0 fully saturated rings. The first kappa shape index (κ1) is 22.7. The minimum atomic E-state index is 0.0629. The van der Waals surface area contributed by atoms with Crippen LogP contribution in [0.3, 0.4) is 0 Å². The van der Waals surface area contributed by atoms with Crippen molar-refractivity contribution in [3.63, 3.8) is 0 Å². The summed E-state index contributed by atoms with van der Waals surface area (Å²) in [5, 5.41) is 3.08. The first-order valence-electron chi connectivity index (χ1n) is 11.1. The van der Waals surface area contributed by atoms with Gasteiger partial charge in [0.15, 0.2) is 0 Å². The predicted octanol–water partition coefficient (Wildman–Crippen LogP) is 4.96. The Morgan fingerprint density at radius 2 is 1.74 bits per heavy atom. The van der Waals surface area contributed by atoms with Crippen LogP contribution in [-0.4, -0.2) is 29.2 Å². The van der Waals surface area contributed by atoms with E-state index in [0.717, 1.165) is 60.6 Å². The second kappa shape index (κ2) is 11.4. The van der Waals surface area contributed by atoms with Crippen LogP contribution in [0.5, 0.6) is 11.5 Å². The average Bonchev–Trinajstić information content (AvgIpc) is 3.16. The smallest absolute Gasteiger partial charge is 0.223 e. The van der Waals surface area contributed by atoms with Crippen LogP contribution in [0.25, 0.3) is 11.0 Å². The third-order valence-corrected chi connectivity index (χ3v) is 5.61. The highest BCUT2D eigenvalue weighted by molar-refractivity contribution is 5.79. The Morgan fingerprint density at radius 3 is 2.45 bits per heavy atom. The van der Waals surface area contributed by atoms with E-state index in [-0.39, 0.29) is 11.8 Å². The second-order valence-electron chi connectivity index (χ2n) is 7.63. The van der Waals surface area contributed by atoms with Crippen molar-refractivity contribution in [2.24, 2.45) is 5.92 Å². The van der Waals surface area contributed by atoms with Crippen LogP contribution >= 0.6 is 0 Å². The number of imidazole rings is 1. The Hall–Kier alpha value is -3.02. The van der Waals surface area contributed by atoms with Crippen molar-refractivity contribution in [3.05, 3.63) is 54.4 Å². The van der Waals surface area contributed by atoms with E-state index in [4.69, 9.17) is 14.5 Å². The number of aryl methyl sites for hydroxylation is 1. The summed E-state index contributed by atoms with van der Waals surface area (Å²) in [5.74, 6) is 2.74. The standard InChI is InChI=1S/C25H33N3O3/c1-4-19(5-2)25(29)26-18-24-27-22-10-6-7-11-23(22)28(24)16-8-9-17-31-21-14-12-20(30-3)13-15-21/h6-7,10-15,19H,4-5,8-9,16-18H2,1-3H3,(H,26,29). The van der Waals surface area contributed by atoms with Gasteiger partial charge in [-0.15, -0.1) is 0 Å². The molecule has 2 aromatic carbocycles. The number of nitrogens with one attached hydrogen (secondary N) is 1. The lowest BCUT2D eigenvalue weighted by Gasteiger charge is -2.14. The summed E-state index contributed by atoms with van der Waals surface area (Å²) in [7, 11) is 1.65. The van der Waals surface area contributed by atoms with Crippen molar-refractivity contribution in [1.82, 2.24) is 14.9 Å². The molecular formula is C25H33N3O3. The summed E-state index contributed by atoms with van der Waals surface area (Å²) in [5.41, 5.74) is 2.06. The van der Waals surface area contributed by atoms with Crippen molar-refractivity contribution in [2.45, 2.75) is 52.6 Å². The molecule has 0 saturated heterocycles. The lowest BCUT2D eigenvalue weighted by atomic mass is 10.0. The number of ether oxygens (including phenoxy) is 2. The molecule has 0 spiro atoms. The number of methoxy groups -OCH3 is 1. The monoisotopic (exact) mass is 423 g/mol. The first-order valence-corrected chi connectivity index (χ1v) is 11.1. The molecule has 0 radical (unpaired) electrons. The average molecular weight is 424 g/mol. The van der Waals surface area contributed by atoms with E-state index in [1.54, 1.807) is 7.11 Å². The molecule has 166 valence electrons. The van der Waals surface area contributed by atoms with Gasteiger partial charge in [0, 0.05) is 12.5 Å². The van der Waals surface area contributed by atoms with Crippen LogP contribution < -0.4 is 14.8 Å². The largest absolute Gasteiger partial charge is 0.497 e. The molecule has 1 aromatic heterocycles. The van der Waals surface area contributed by atoms with Gasteiger partial charge in [-0.3, -0.25) is 4.79 Å². The molecule has 1 heterocycles. The Bertz CT molecular complexity index is 962. The SMILES string of the molecule is CCC(CC)C(=O)NCc1nc2ccccc2n1CCCCOc1ccc(OC)cc1. The Morgan fingerprint density at radius 1 is 1.03 bits per heavy atom. The van der Waals surface area contributed by atoms with Crippen LogP contribution in [0.4, 0.5) is 0 Å². The summed E-state index contributed by atoms with van der Waals surface area (Å²) >= 11 is 0. The van der Waals surface area contributed by atoms with Crippen molar-refractivity contribution in [3.8, 4) is 11.5 Å². The molecule has 6 nitrogen and oxygen atoms in total. The molecule has 0 saturated carbocycles. The zero-order chi connectivity index (χ0) is 22.1. The van der Waals surface area contributed by atoms with E-state index in [2.05, 4.69) is 29.8 Å². The lowest BCUT2D eigenvalue weighted by molar-refractivity contribution is -0.125. The normalized spacial score (nSPS) is 11.1. The van der Waals surface area contributed by atoms with Crippen molar-refractivity contribution in [1.29, 1.82) is 0 Å². The molecule has 0 bridgehead atoms. The molecule has 6 heteroatoms. The molecule has 1 N–H and O–H groups in total. The quantitative estimate of drug-likeness (QED) is 0.418. The number of hydrogen-bond donors (Lipinski definition) is 1. The number of unbranched alkanes of at least 4 members (excludes halogenated alkanes) is 1. The summed E-state index contributed by atoms with van der Waals surface area (Å²) in [6.45, 7) is 6.04. The Kier molecular flexibility index (Phi) is 8.33. The number of nitrogens with zero attached hydrogens (tertiary/aromatic N) is 2. The van der Waals surface area contributed by atoms with Gasteiger partial charge in [0.1, 0.15) is 17.3 Å². The first-order chi connectivity index (χ1) is 15.2. The number of fused-ring (bicyclic) bond motifs is 1. The highest BCUT2D eigenvalue weighted by Gasteiger charge is 2.16. The van der Waals surface area contributed by atoms with Crippen molar-refractivity contribution in [2.75, 3.05) is 13.7 Å². The van der Waals surface area contributed by atoms with Gasteiger partial charge >= 0.3 is 0 Å². The van der Waals surface area contributed by atoms with Crippen LogP contribution in [0.15, 0.2) is 48.5 Å². The maximum atomic E-state index is 12.4. The number of amides is 1. The van der Waals surface area contributed by atoms with Gasteiger partial charge in [0.05, 0.1) is 31.3 Å². The lowest BCUT2D eigenvalue weighted by Crippen LogP contribution is -2.30. The minimum absolute atomic E-state index is 0.0629. The number of aromatic nitrogens is 2. The summed E-state index contributed by atoms with van der Waals surface area (Å²) < 4.78 is 13.2. The maximum Gasteiger partial charge on any atom is 0.223 e. The van der Waals surface area contributed by atoms with Crippen molar-refractivity contribution < 1.29 is 14.3 Å². The molecule has 3 aromatic rings. The molecule has 1 amide bonds. The van der Waals surface area contributed by atoms with Crippen molar-refractivity contribution >= 4 is 16.9 Å².